The van der Waals surface area contributed by atoms with Crippen molar-refractivity contribution in [3.63, 3.8) is 0 Å². The van der Waals surface area contributed by atoms with Gasteiger partial charge in [-0.2, -0.15) is 0 Å². The Morgan fingerprint density at radius 3 is 2.93 bits per heavy atom. The molecule has 3 aliphatic rings. The Morgan fingerprint density at radius 2 is 2.07 bits per heavy atom. The van der Waals surface area contributed by atoms with Crippen molar-refractivity contribution in [1.82, 2.24) is 4.90 Å². The van der Waals surface area contributed by atoms with Crippen molar-refractivity contribution < 1.29 is 24.1 Å². The predicted octanol–water partition coefficient (Wildman–Crippen LogP) is 3.97. The molecule has 0 aliphatic carbocycles. The summed E-state index contributed by atoms with van der Waals surface area (Å²) < 4.78 is 16.7. The van der Waals surface area contributed by atoms with Crippen molar-refractivity contribution in [2.75, 3.05) is 19.9 Å². The zero-order valence-corrected chi connectivity index (χ0v) is 16.3. The monoisotopic (exact) mass is 393 g/mol. The molecule has 0 radical (unpaired) electrons. The first-order valence-corrected chi connectivity index (χ1v) is 9.99. The summed E-state index contributed by atoms with van der Waals surface area (Å²) in [5.74, 6) is 2.69. The van der Waals surface area contributed by atoms with Gasteiger partial charge in [-0.15, -0.1) is 0 Å². The molecule has 1 fully saturated rings. The number of ether oxygens (including phenoxy) is 3. The average Bonchev–Trinajstić information content (AvgIpc) is 3.29. The number of nitrogens with zero attached hydrogens (tertiary/aromatic N) is 1. The normalized spacial score (nSPS) is 22.0. The molecule has 1 atom stereocenters. The van der Waals surface area contributed by atoms with Crippen molar-refractivity contribution in [2.45, 2.75) is 26.3 Å². The molecule has 0 saturated carbocycles. The fourth-order valence-corrected chi connectivity index (χ4v) is 4.26. The molecule has 5 rings (SSSR count). The molecule has 3 heterocycles. The van der Waals surface area contributed by atoms with Crippen LogP contribution < -0.4 is 14.2 Å². The fraction of sp³-hybridized carbons (Fsp3) is 0.348. The van der Waals surface area contributed by atoms with E-state index in [4.69, 9.17) is 14.2 Å². The SMILES string of the molecule is C[C@H]1CCCN(Cc2c(O)ccc3c2O/C(=C\c2ccc4c(c2)OCO4)C3=O)C1. The Kier molecular flexibility index (Phi) is 4.43. The molecular formula is C23H23NO5. The Balaban J connectivity index is 1.44. The van der Waals surface area contributed by atoms with Gasteiger partial charge in [-0.1, -0.05) is 13.0 Å². The zero-order valence-electron chi connectivity index (χ0n) is 16.3. The van der Waals surface area contributed by atoms with E-state index in [1.807, 2.05) is 18.2 Å². The lowest BCUT2D eigenvalue weighted by molar-refractivity contribution is 0.101. The van der Waals surface area contributed by atoms with Gasteiger partial charge in [0, 0.05) is 13.1 Å². The number of carbonyl (C=O) groups excluding carboxylic acids is 1. The van der Waals surface area contributed by atoms with Gasteiger partial charge < -0.3 is 19.3 Å². The summed E-state index contributed by atoms with van der Waals surface area (Å²) in [6, 6.07) is 8.72. The van der Waals surface area contributed by atoms with E-state index in [0.717, 1.165) is 25.1 Å². The van der Waals surface area contributed by atoms with Crippen molar-refractivity contribution in [3.05, 3.63) is 52.8 Å². The Hall–Kier alpha value is -2.99. The van der Waals surface area contributed by atoms with Gasteiger partial charge in [0.15, 0.2) is 17.3 Å². The van der Waals surface area contributed by atoms with Crippen LogP contribution in [-0.4, -0.2) is 35.7 Å². The second-order valence-electron chi connectivity index (χ2n) is 7.97. The summed E-state index contributed by atoms with van der Waals surface area (Å²) in [6.45, 7) is 4.99. The number of hydrogen-bond acceptors (Lipinski definition) is 6. The van der Waals surface area contributed by atoms with E-state index in [1.54, 1.807) is 18.2 Å². The van der Waals surface area contributed by atoms with Gasteiger partial charge in [-0.3, -0.25) is 9.69 Å². The number of rotatable bonds is 3. The molecular weight excluding hydrogens is 370 g/mol. The zero-order chi connectivity index (χ0) is 20.0. The number of carbonyl (C=O) groups is 1. The standard InChI is InChI=1S/C23H23NO5/c1-14-3-2-8-24(11-14)12-17-18(25)6-5-16-22(26)21(29-23(16)17)10-15-4-7-19-20(9-15)28-13-27-19/h4-7,9-10,14,25H,2-3,8,11-13H2,1H3/b21-10-/t14-/m0/s1. The van der Waals surface area contributed by atoms with E-state index in [2.05, 4.69) is 11.8 Å². The molecule has 1 N–H and O–H groups in total. The molecule has 1 saturated heterocycles. The maximum absolute atomic E-state index is 12.9. The van der Waals surface area contributed by atoms with E-state index in [1.165, 1.54) is 6.42 Å². The van der Waals surface area contributed by atoms with Crippen LogP contribution in [0.2, 0.25) is 0 Å². The quantitative estimate of drug-likeness (QED) is 0.796. The van der Waals surface area contributed by atoms with Crippen LogP contribution in [0, 0.1) is 5.92 Å². The first-order chi connectivity index (χ1) is 14.1. The number of aromatic hydroxyl groups is 1. The lowest BCUT2D eigenvalue weighted by Gasteiger charge is -2.31. The number of fused-ring (bicyclic) bond motifs is 2. The maximum Gasteiger partial charge on any atom is 0.231 e. The third-order valence-electron chi connectivity index (χ3n) is 5.73. The highest BCUT2D eigenvalue weighted by molar-refractivity contribution is 6.15. The summed E-state index contributed by atoms with van der Waals surface area (Å²) in [4.78, 5) is 15.2. The van der Waals surface area contributed by atoms with Gasteiger partial charge in [0.1, 0.15) is 11.5 Å². The molecule has 2 aromatic carbocycles. The number of phenolic OH excluding ortho intramolecular Hbond substituents is 1. The average molecular weight is 393 g/mol. The number of ketones is 1. The Morgan fingerprint density at radius 1 is 1.21 bits per heavy atom. The summed E-state index contributed by atoms with van der Waals surface area (Å²) in [5.41, 5.74) is 1.97. The molecule has 0 bridgehead atoms. The smallest absolute Gasteiger partial charge is 0.231 e. The number of phenols is 1. The first kappa shape index (κ1) is 18.1. The van der Waals surface area contributed by atoms with Gasteiger partial charge in [-0.25, -0.2) is 0 Å². The van der Waals surface area contributed by atoms with Gasteiger partial charge >= 0.3 is 0 Å². The minimum absolute atomic E-state index is 0.166. The van der Waals surface area contributed by atoms with Gasteiger partial charge in [0.25, 0.3) is 0 Å². The van der Waals surface area contributed by atoms with Crippen LogP contribution in [0.15, 0.2) is 36.1 Å². The number of piperidine rings is 1. The van der Waals surface area contributed by atoms with Crippen LogP contribution in [0.1, 0.15) is 41.3 Å². The van der Waals surface area contributed by atoms with Crippen molar-refractivity contribution in [1.29, 1.82) is 0 Å². The third kappa shape index (κ3) is 3.34. The largest absolute Gasteiger partial charge is 0.507 e. The van der Waals surface area contributed by atoms with E-state index >= 15 is 0 Å². The maximum atomic E-state index is 12.9. The van der Waals surface area contributed by atoms with Gasteiger partial charge in [-0.05, 0) is 61.2 Å². The lowest BCUT2D eigenvalue weighted by Crippen LogP contribution is -2.33. The number of hydrogen-bond donors (Lipinski definition) is 1. The second-order valence-corrected chi connectivity index (χ2v) is 7.97. The minimum atomic E-state index is -0.175. The van der Waals surface area contributed by atoms with Crippen LogP contribution in [0.3, 0.4) is 0 Å². The first-order valence-electron chi connectivity index (χ1n) is 9.99. The van der Waals surface area contributed by atoms with E-state index in [0.29, 0.717) is 40.8 Å². The van der Waals surface area contributed by atoms with Crippen molar-refractivity contribution >= 4 is 11.9 Å². The summed E-state index contributed by atoms with van der Waals surface area (Å²) >= 11 is 0. The summed E-state index contributed by atoms with van der Waals surface area (Å²) in [6.07, 6.45) is 4.08. The molecule has 2 aromatic rings. The second kappa shape index (κ2) is 7.12. The number of allylic oxidation sites excluding steroid dienone is 1. The van der Waals surface area contributed by atoms with Crippen LogP contribution in [0.5, 0.6) is 23.0 Å². The van der Waals surface area contributed by atoms with E-state index in [9.17, 15) is 9.90 Å². The summed E-state index contributed by atoms with van der Waals surface area (Å²) in [7, 11) is 0. The molecule has 0 unspecified atom stereocenters. The van der Waals surface area contributed by atoms with Crippen molar-refractivity contribution in [2.24, 2.45) is 5.92 Å². The van der Waals surface area contributed by atoms with Crippen LogP contribution >= 0.6 is 0 Å². The van der Waals surface area contributed by atoms with Crippen molar-refractivity contribution in [3.8, 4) is 23.0 Å². The number of likely N-dealkylation sites (tertiary alicyclic amines) is 1. The highest BCUT2D eigenvalue weighted by atomic mass is 16.7. The number of benzene rings is 2. The molecule has 6 heteroatoms. The third-order valence-corrected chi connectivity index (χ3v) is 5.73. The molecule has 0 aromatic heterocycles. The Bertz CT molecular complexity index is 1010. The lowest BCUT2D eigenvalue weighted by atomic mass is 9.99. The van der Waals surface area contributed by atoms with Gasteiger partial charge in [0.2, 0.25) is 12.6 Å². The molecule has 150 valence electrons. The molecule has 6 nitrogen and oxygen atoms in total. The summed E-state index contributed by atoms with van der Waals surface area (Å²) in [5, 5.41) is 10.5. The highest BCUT2D eigenvalue weighted by Gasteiger charge is 2.32. The topological polar surface area (TPSA) is 68.2 Å². The van der Waals surface area contributed by atoms with Gasteiger partial charge in [0.05, 0.1) is 11.1 Å². The predicted molar refractivity (Wildman–Crippen MR) is 107 cm³/mol. The molecule has 0 spiro atoms. The molecule has 29 heavy (non-hydrogen) atoms. The number of Topliss-reactive ketones (excluding diaryl/α,β-unsaturated/α-hetero) is 1. The van der Waals surface area contributed by atoms with E-state index < -0.39 is 0 Å². The van der Waals surface area contributed by atoms with E-state index in [-0.39, 0.29) is 24.1 Å². The molecule has 3 aliphatic heterocycles. The molecule has 0 amide bonds. The highest BCUT2D eigenvalue weighted by Crippen LogP contribution is 2.41. The minimum Gasteiger partial charge on any atom is -0.507 e. The van der Waals surface area contributed by atoms with Crippen LogP contribution in [-0.2, 0) is 6.54 Å². The van der Waals surface area contributed by atoms with Crippen LogP contribution in [0.25, 0.3) is 6.08 Å². The fourth-order valence-electron chi connectivity index (χ4n) is 4.26. The Labute approximate surface area is 169 Å². The van der Waals surface area contributed by atoms with Crippen LogP contribution in [0.4, 0.5) is 0 Å².